The minimum absolute atomic E-state index is 0. The molecule has 0 saturated carbocycles. The van der Waals surface area contributed by atoms with Crippen molar-refractivity contribution in [3.8, 4) is 45.0 Å². The number of rotatable bonds is 8. The Kier molecular flexibility index (Phi) is 12.0. The molecule has 0 saturated heterocycles. The molecule has 2 aliphatic rings. The number of nitrogens with zero attached hydrogens (tertiary/aromatic N) is 4. The van der Waals surface area contributed by atoms with Gasteiger partial charge in [0.1, 0.15) is 0 Å². The van der Waals surface area contributed by atoms with Gasteiger partial charge in [-0.2, -0.15) is 6.42 Å². The average Bonchev–Trinajstić information content (AvgIpc) is 3.56. The molecule has 2 heterocycles. The smallest absolute Gasteiger partial charge is 0.748 e. The number of anilines is 2. The molecule has 0 atom stereocenters. The Bertz CT molecular complexity index is 2730. The molecular weight excluding hydrogens is 755 g/mol. The molecule has 0 spiro atoms. The van der Waals surface area contributed by atoms with Gasteiger partial charge in [-0.15, -0.1) is 12.6 Å². The molecule has 0 amide bonds. The van der Waals surface area contributed by atoms with Crippen molar-refractivity contribution in [2.75, 3.05) is 29.5 Å². The summed E-state index contributed by atoms with van der Waals surface area (Å²) < 4.78 is 58.4. The zero-order valence-corrected chi connectivity index (χ0v) is 36.1. The van der Waals surface area contributed by atoms with Gasteiger partial charge in [-0.3, -0.25) is 0 Å². The third-order valence-electron chi connectivity index (χ3n) is 8.93. The zero-order valence-electron chi connectivity index (χ0n) is 28.2. The maximum Gasteiger partial charge on any atom is 1.00 e. The predicted molar refractivity (Wildman–Crippen MR) is 192 cm³/mol. The van der Waals surface area contributed by atoms with Crippen molar-refractivity contribution in [1.82, 2.24) is 19.9 Å². The van der Waals surface area contributed by atoms with Crippen LogP contribution in [0.4, 0.5) is 11.4 Å². The van der Waals surface area contributed by atoms with Crippen molar-refractivity contribution >= 4 is 75.7 Å². The fourth-order valence-corrected chi connectivity index (χ4v) is 7.46. The summed E-state index contributed by atoms with van der Waals surface area (Å²) in [4.78, 5) is 20.5. The van der Waals surface area contributed by atoms with E-state index in [2.05, 4.69) is 54.0 Å². The van der Waals surface area contributed by atoms with Crippen LogP contribution in [0.2, 0.25) is 0 Å². The van der Waals surface area contributed by atoms with Gasteiger partial charge in [-0.05, 0) is 37.2 Å². The van der Waals surface area contributed by atoms with E-state index in [1.54, 1.807) is 0 Å². The van der Waals surface area contributed by atoms with E-state index in [9.17, 15) is 13.0 Å². The largest absolute Gasteiger partial charge is 1.00 e. The second-order valence-electron chi connectivity index (χ2n) is 12.0. The van der Waals surface area contributed by atoms with Crippen molar-refractivity contribution < 1.29 is 128 Å². The van der Waals surface area contributed by atoms with Crippen molar-refractivity contribution in [2.24, 2.45) is 0 Å². The molecule has 2 aromatic heterocycles. The van der Waals surface area contributed by atoms with Crippen LogP contribution < -0.4 is 113 Å². The number of benzene rings is 5. The fraction of sp³-hybridized carbons (Fsp3) is 0.139. The van der Waals surface area contributed by atoms with Gasteiger partial charge < -0.3 is 22.1 Å². The van der Waals surface area contributed by atoms with Crippen LogP contribution in [0.3, 0.4) is 0 Å². The summed E-state index contributed by atoms with van der Waals surface area (Å²) in [7, 11) is -7.36. The first-order valence-corrected chi connectivity index (χ1v) is 18.3. The Hall–Kier alpha value is -2.30. The molecule has 7 aromatic rings. The van der Waals surface area contributed by atoms with E-state index in [0.29, 0.717) is 6.54 Å². The van der Waals surface area contributed by atoms with Gasteiger partial charge in [0.2, 0.25) is 0 Å². The van der Waals surface area contributed by atoms with E-state index in [0.717, 1.165) is 113 Å². The number of aromatic nitrogens is 4. The molecule has 2 N–H and O–H groups in total. The minimum Gasteiger partial charge on any atom is -0.748 e. The maximum atomic E-state index is 11.0. The third kappa shape index (κ3) is 7.26. The van der Waals surface area contributed by atoms with Crippen LogP contribution in [0, 0.1) is 6.92 Å². The van der Waals surface area contributed by atoms with Gasteiger partial charge in [0, 0.05) is 67.5 Å². The van der Waals surface area contributed by atoms with Crippen LogP contribution in [-0.4, -0.2) is 64.4 Å². The summed E-state index contributed by atoms with van der Waals surface area (Å²) in [6, 6.07) is 24.6. The van der Waals surface area contributed by atoms with Gasteiger partial charge in [0.05, 0.1) is 55.0 Å². The molecule has 16 heteroatoms. The molecular formula is C36H26K2N6O6S2. The molecule has 5 aromatic carbocycles. The zero-order chi connectivity index (χ0) is 34.7. The molecule has 0 aliphatic heterocycles. The fourth-order valence-electron chi connectivity index (χ4n) is 6.96. The van der Waals surface area contributed by atoms with Gasteiger partial charge >= 0.3 is 113 Å². The van der Waals surface area contributed by atoms with Crippen LogP contribution >= 0.6 is 0 Å². The second-order valence-corrected chi connectivity index (χ2v) is 13.9. The van der Waals surface area contributed by atoms with E-state index >= 15 is 0 Å². The number of hydrogen-bond acceptors (Lipinski definition) is 12. The maximum absolute atomic E-state index is 11.0. The van der Waals surface area contributed by atoms with Gasteiger partial charge in [0.25, 0.3) is 0 Å². The summed E-state index contributed by atoms with van der Waals surface area (Å²) in [5, 5.41) is 11.2. The van der Waals surface area contributed by atoms with Crippen LogP contribution in [-0.2, 0) is 20.7 Å². The molecule has 0 bridgehead atoms. The minimum atomic E-state index is -4.24. The number of nitrogens with one attached hydrogen (secondary N) is 2. The standard InChI is InChI=1S/C36H27N6O3S.2K.O3S/c1-2-14-37-25-12-10-23-31-19(25)6-3-8-21(31)33-35(23)41-29-18-28-30(17-27(29)39-33)42-36-24-11-13-26(38-15-5-16-46(43,44)45)20-7-4-9-22(32(20)24)34(36)40-28;;;1-4(2)3/h3-4,6-13,17-18,37-38H,1-2,5,14-16H2,(H,43,44,45);;;/q-1;2*+1;/p-1. The van der Waals surface area contributed by atoms with Crippen molar-refractivity contribution in [1.29, 1.82) is 0 Å². The Balaban J connectivity index is 0.000000738. The molecule has 250 valence electrons. The first-order valence-electron chi connectivity index (χ1n) is 15.7. The predicted octanol–water partition coefficient (Wildman–Crippen LogP) is 0.161. The van der Waals surface area contributed by atoms with Crippen molar-refractivity contribution in [3.05, 3.63) is 79.7 Å². The molecule has 52 heavy (non-hydrogen) atoms. The molecule has 0 fully saturated rings. The van der Waals surface area contributed by atoms with Crippen LogP contribution in [0.1, 0.15) is 12.8 Å². The van der Waals surface area contributed by atoms with Gasteiger partial charge in [0.15, 0.2) is 0 Å². The summed E-state index contributed by atoms with van der Waals surface area (Å²) in [5.74, 6) is -0.397. The van der Waals surface area contributed by atoms with E-state index in [-0.39, 0.29) is 109 Å². The molecule has 2 aliphatic carbocycles. The van der Waals surface area contributed by atoms with E-state index < -0.39 is 26.5 Å². The quantitative estimate of drug-likeness (QED) is 0.0702. The monoisotopic (exact) mass is 780 g/mol. The van der Waals surface area contributed by atoms with Crippen LogP contribution in [0.25, 0.3) is 88.6 Å². The van der Waals surface area contributed by atoms with Crippen LogP contribution in [0.15, 0.2) is 72.8 Å². The van der Waals surface area contributed by atoms with Crippen molar-refractivity contribution in [3.63, 3.8) is 0 Å². The number of fused-ring (bicyclic) bond motifs is 8. The van der Waals surface area contributed by atoms with Gasteiger partial charge in [-0.1, -0.05) is 48.5 Å². The second kappa shape index (κ2) is 15.8. The first kappa shape index (κ1) is 39.4. The Morgan fingerprint density at radius 1 is 0.615 bits per heavy atom. The Labute approximate surface area is 385 Å². The van der Waals surface area contributed by atoms with E-state index in [1.807, 2.05) is 36.4 Å². The van der Waals surface area contributed by atoms with E-state index in [1.165, 1.54) is 0 Å². The molecule has 0 unspecified atom stereocenters. The SMILES string of the molecule is O=S(=O)=O.[CH2-]CCNc1ccc2c3c(cccc13)-c1nc3cc4nc5c(nc4cc3nc1-2)-c1cccc2c(NCCCS(=O)(=O)[O-])ccc-5c12.[K+].[K+]. The summed E-state index contributed by atoms with van der Waals surface area (Å²) >= 11 is 0. The summed E-state index contributed by atoms with van der Waals surface area (Å²) in [6.45, 7) is 5.13. The topological polar surface area (TPSA) is 184 Å². The summed E-state index contributed by atoms with van der Waals surface area (Å²) in [6.07, 6.45) is 1.04. The summed E-state index contributed by atoms with van der Waals surface area (Å²) in [5.41, 5.74) is 12.5. The van der Waals surface area contributed by atoms with Gasteiger partial charge in [-0.25, -0.2) is 28.4 Å². The van der Waals surface area contributed by atoms with Crippen molar-refractivity contribution in [2.45, 2.75) is 12.8 Å². The Morgan fingerprint density at radius 2 is 1.00 bits per heavy atom. The molecule has 9 rings (SSSR count). The Morgan fingerprint density at radius 3 is 1.38 bits per heavy atom. The molecule has 0 radical (unpaired) electrons. The number of hydrogen-bond donors (Lipinski definition) is 2. The normalized spacial score (nSPS) is 11.7. The third-order valence-corrected chi connectivity index (χ3v) is 9.72. The first-order chi connectivity index (χ1) is 24.1. The average molecular weight is 781 g/mol. The van der Waals surface area contributed by atoms with E-state index in [4.69, 9.17) is 32.6 Å². The molecule has 12 nitrogen and oxygen atoms in total. The van der Waals surface area contributed by atoms with Crippen LogP contribution in [0.5, 0.6) is 0 Å².